The maximum absolute atomic E-state index is 9.35. The maximum Gasteiger partial charge on any atom is 0.300 e. The van der Waals surface area contributed by atoms with Gasteiger partial charge in [0.1, 0.15) is 0 Å². The first-order valence-corrected chi connectivity index (χ1v) is 5.33. The van der Waals surface area contributed by atoms with Crippen LogP contribution in [0.5, 0.6) is 0 Å². The Morgan fingerprint density at radius 1 is 1.36 bits per heavy atom. The monoisotopic (exact) mass is 204 g/mol. The summed E-state index contributed by atoms with van der Waals surface area (Å²) in [6.45, 7) is 7.43. The summed E-state index contributed by atoms with van der Waals surface area (Å²) in [4.78, 5) is 9.00. The van der Waals surface area contributed by atoms with Crippen LogP contribution in [0.25, 0.3) is 0 Å². The van der Waals surface area contributed by atoms with Crippen LogP contribution < -0.4 is 0 Å². The van der Waals surface area contributed by atoms with E-state index in [2.05, 4.69) is 13.8 Å². The summed E-state index contributed by atoms with van der Waals surface area (Å²) < 4.78 is 0. The van der Waals surface area contributed by atoms with Gasteiger partial charge in [0.15, 0.2) is 0 Å². The summed E-state index contributed by atoms with van der Waals surface area (Å²) in [5.74, 6) is -0.343. The average molecular weight is 204 g/mol. The SMILES string of the molecule is CC(=O)O.CCCCC(C)C(O)CC. The van der Waals surface area contributed by atoms with Crippen LogP contribution >= 0.6 is 0 Å². The maximum atomic E-state index is 9.35. The third kappa shape index (κ3) is 14.0. The molecule has 2 N–H and O–H groups in total. The van der Waals surface area contributed by atoms with Gasteiger partial charge in [-0.25, -0.2) is 0 Å². The molecule has 0 saturated carbocycles. The third-order valence-corrected chi connectivity index (χ3v) is 2.09. The van der Waals surface area contributed by atoms with Crippen molar-refractivity contribution in [3.63, 3.8) is 0 Å². The Morgan fingerprint density at radius 2 is 1.79 bits per heavy atom. The Balaban J connectivity index is 0. The van der Waals surface area contributed by atoms with E-state index in [0.29, 0.717) is 5.92 Å². The molecule has 0 aliphatic carbocycles. The Hall–Kier alpha value is -0.570. The molecule has 3 heteroatoms. The van der Waals surface area contributed by atoms with Gasteiger partial charge in [0.05, 0.1) is 6.10 Å². The van der Waals surface area contributed by atoms with Gasteiger partial charge in [-0.2, -0.15) is 0 Å². The van der Waals surface area contributed by atoms with Crippen molar-refractivity contribution in [3.8, 4) is 0 Å². The van der Waals surface area contributed by atoms with Crippen LogP contribution in [-0.4, -0.2) is 22.3 Å². The highest BCUT2D eigenvalue weighted by Gasteiger charge is 2.09. The Morgan fingerprint density at radius 3 is 2.07 bits per heavy atom. The Kier molecular flexibility index (Phi) is 11.9. The van der Waals surface area contributed by atoms with Crippen molar-refractivity contribution >= 4 is 5.97 Å². The van der Waals surface area contributed by atoms with Gasteiger partial charge in [-0.1, -0.05) is 33.6 Å². The summed E-state index contributed by atoms with van der Waals surface area (Å²) in [5, 5.41) is 16.8. The zero-order chi connectivity index (χ0) is 11.6. The van der Waals surface area contributed by atoms with E-state index in [1.165, 1.54) is 19.3 Å². The highest BCUT2D eigenvalue weighted by Crippen LogP contribution is 2.13. The minimum absolute atomic E-state index is 0.0773. The molecule has 2 unspecified atom stereocenters. The zero-order valence-corrected chi connectivity index (χ0v) is 9.79. The predicted octanol–water partition coefficient (Wildman–Crippen LogP) is 2.67. The number of unbranched alkanes of at least 4 members (excludes halogenated alkanes) is 1. The quantitative estimate of drug-likeness (QED) is 0.724. The minimum atomic E-state index is -0.833. The van der Waals surface area contributed by atoms with Crippen LogP contribution in [0.15, 0.2) is 0 Å². The van der Waals surface area contributed by atoms with E-state index in [4.69, 9.17) is 9.90 Å². The fourth-order valence-corrected chi connectivity index (χ4v) is 1.12. The minimum Gasteiger partial charge on any atom is -0.481 e. The molecule has 0 aromatic carbocycles. The van der Waals surface area contributed by atoms with Crippen molar-refractivity contribution in [2.75, 3.05) is 0 Å². The molecule has 0 fully saturated rings. The van der Waals surface area contributed by atoms with E-state index in [9.17, 15) is 5.11 Å². The largest absolute Gasteiger partial charge is 0.481 e. The van der Waals surface area contributed by atoms with E-state index in [-0.39, 0.29) is 6.10 Å². The molecule has 0 saturated heterocycles. The summed E-state index contributed by atoms with van der Waals surface area (Å²) in [7, 11) is 0. The lowest BCUT2D eigenvalue weighted by atomic mass is 9.97. The first-order chi connectivity index (χ1) is 6.45. The number of carboxylic acids is 1. The van der Waals surface area contributed by atoms with Gasteiger partial charge in [-0.15, -0.1) is 0 Å². The molecule has 14 heavy (non-hydrogen) atoms. The van der Waals surface area contributed by atoms with Crippen LogP contribution in [0.4, 0.5) is 0 Å². The molecule has 3 nitrogen and oxygen atoms in total. The van der Waals surface area contributed by atoms with Gasteiger partial charge in [0, 0.05) is 6.92 Å². The number of carboxylic acid groups (broad SMARTS) is 1. The van der Waals surface area contributed by atoms with Crippen molar-refractivity contribution in [1.82, 2.24) is 0 Å². The van der Waals surface area contributed by atoms with Crippen molar-refractivity contribution in [1.29, 1.82) is 0 Å². The molecule has 0 spiro atoms. The molecule has 0 aliphatic heterocycles. The fourth-order valence-electron chi connectivity index (χ4n) is 1.12. The topological polar surface area (TPSA) is 57.5 Å². The van der Waals surface area contributed by atoms with Crippen molar-refractivity contribution < 1.29 is 15.0 Å². The average Bonchev–Trinajstić information content (AvgIpc) is 2.11. The summed E-state index contributed by atoms with van der Waals surface area (Å²) in [6.07, 6.45) is 4.47. The predicted molar refractivity (Wildman–Crippen MR) is 58.3 cm³/mol. The number of aliphatic hydroxyl groups excluding tert-OH is 1. The first kappa shape index (κ1) is 15.9. The van der Waals surface area contributed by atoms with Gasteiger partial charge < -0.3 is 10.2 Å². The molecule has 0 aliphatic rings. The standard InChI is InChI=1S/C9H20O.C2H4O2/c1-4-6-7-8(3)9(10)5-2;1-2(3)4/h8-10H,4-7H2,1-3H3;1H3,(H,3,4). The molecule has 0 amide bonds. The van der Waals surface area contributed by atoms with E-state index >= 15 is 0 Å². The van der Waals surface area contributed by atoms with Gasteiger partial charge in [0.2, 0.25) is 0 Å². The molecule has 0 rings (SSSR count). The molecular weight excluding hydrogens is 180 g/mol. The molecule has 0 aromatic heterocycles. The number of hydrogen-bond donors (Lipinski definition) is 2. The number of aliphatic carboxylic acids is 1. The van der Waals surface area contributed by atoms with Crippen LogP contribution in [0.2, 0.25) is 0 Å². The molecule has 2 atom stereocenters. The second kappa shape index (κ2) is 10.5. The molecule has 0 heterocycles. The highest BCUT2D eigenvalue weighted by atomic mass is 16.4. The van der Waals surface area contributed by atoms with Gasteiger partial charge in [-0.3, -0.25) is 4.79 Å². The first-order valence-electron chi connectivity index (χ1n) is 5.33. The lowest BCUT2D eigenvalue weighted by molar-refractivity contribution is -0.134. The van der Waals surface area contributed by atoms with E-state index in [0.717, 1.165) is 13.3 Å². The lowest BCUT2D eigenvalue weighted by Gasteiger charge is -2.15. The van der Waals surface area contributed by atoms with Gasteiger partial charge >= 0.3 is 0 Å². The highest BCUT2D eigenvalue weighted by molar-refractivity contribution is 5.62. The summed E-state index contributed by atoms with van der Waals surface area (Å²) in [5.41, 5.74) is 0. The van der Waals surface area contributed by atoms with Crippen LogP contribution in [-0.2, 0) is 4.79 Å². The fraction of sp³-hybridized carbons (Fsp3) is 0.909. The van der Waals surface area contributed by atoms with E-state index in [1.54, 1.807) is 0 Å². The second-order valence-corrected chi connectivity index (χ2v) is 3.61. The van der Waals surface area contributed by atoms with Crippen molar-refractivity contribution in [3.05, 3.63) is 0 Å². The number of carbonyl (C=O) groups is 1. The van der Waals surface area contributed by atoms with Gasteiger partial charge in [-0.05, 0) is 18.8 Å². The summed E-state index contributed by atoms with van der Waals surface area (Å²) >= 11 is 0. The van der Waals surface area contributed by atoms with Crippen molar-refractivity contribution in [2.24, 2.45) is 5.92 Å². The van der Waals surface area contributed by atoms with E-state index < -0.39 is 5.97 Å². The second-order valence-electron chi connectivity index (χ2n) is 3.61. The Bertz CT molecular complexity index is 130. The Labute approximate surface area is 87.1 Å². The van der Waals surface area contributed by atoms with Gasteiger partial charge in [0.25, 0.3) is 5.97 Å². The van der Waals surface area contributed by atoms with E-state index in [1.807, 2.05) is 6.92 Å². The molecule has 86 valence electrons. The molecule has 0 bridgehead atoms. The number of aliphatic hydroxyl groups is 1. The third-order valence-electron chi connectivity index (χ3n) is 2.09. The normalized spacial score (nSPS) is 13.8. The van der Waals surface area contributed by atoms with Crippen LogP contribution in [0, 0.1) is 5.92 Å². The van der Waals surface area contributed by atoms with Crippen LogP contribution in [0.1, 0.15) is 53.4 Å². The number of hydrogen-bond acceptors (Lipinski definition) is 2. The summed E-state index contributed by atoms with van der Waals surface area (Å²) in [6, 6.07) is 0. The number of rotatable bonds is 5. The molecule has 0 radical (unpaired) electrons. The molecule has 0 aromatic rings. The zero-order valence-electron chi connectivity index (χ0n) is 9.79. The molecular formula is C11H24O3. The van der Waals surface area contributed by atoms with Crippen LogP contribution in [0.3, 0.4) is 0 Å². The van der Waals surface area contributed by atoms with Crippen molar-refractivity contribution in [2.45, 2.75) is 59.5 Å². The lowest BCUT2D eigenvalue weighted by Crippen LogP contribution is -2.15. The smallest absolute Gasteiger partial charge is 0.300 e.